The number of aromatic nitrogens is 2. The van der Waals surface area contributed by atoms with Gasteiger partial charge in [-0.1, -0.05) is 67.0 Å². The molecule has 1 heterocycles. The molecule has 0 aliphatic rings. The molecule has 0 unspecified atom stereocenters. The second kappa shape index (κ2) is 11.5. The van der Waals surface area contributed by atoms with E-state index in [2.05, 4.69) is 17.2 Å². The fourth-order valence-electron chi connectivity index (χ4n) is 3.78. The average Bonchev–Trinajstić information content (AvgIpc) is 3.23. The number of hydrogen-bond donors (Lipinski definition) is 2. The van der Waals surface area contributed by atoms with Crippen LogP contribution in [0.3, 0.4) is 0 Å². The molecular weight excluding hydrogens is 532 g/mol. The standard InChI is InChI=1S/C26H25ClN4O4S2/c1-2-3-13-31-23-12-10-19(37(28,34)35)15-22(23)30-26(31)36-16-24(32)29-21-11-9-18(27)14-20(21)25(33)17-7-5-4-6-8-17/h4-12,14-15H,2-3,13,16H2,1H3,(H,29,32)(H2,28,34,35). The summed E-state index contributed by atoms with van der Waals surface area (Å²) in [7, 11) is -3.87. The highest BCUT2D eigenvalue weighted by atomic mass is 35.5. The number of nitrogens with one attached hydrogen (secondary N) is 1. The maximum absolute atomic E-state index is 13.0. The summed E-state index contributed by atoms with van der Waals surface area (Å²) >= 11 is 7.36. The van der Waals surface area contributed by atoms with Crippen LogP contribution in [-0.4, -0.2) is 35.4 Å². The number of halogens is 1. The van der Waals surface area contributed by atoms with Gasteiger partial charge in [0.15, 0.2) is 10.9 Å². The summed E-state index contributed by atoms with van der Waals surface area (Å²) in [6, 6.07) is 18.1. The Bertz CT molecular complexity index is 1570. The number of rotatable bonds is 10. The van der Waals surface area contributed by atoms with Crippen molar-refractivity contribution in [2.24, 2.45) is 5.14 Å². The lowest BCUT2D eigenvalue weighted by atomic mass is 10.0. The van der Waals surface area contributed by atoms with Gasteiger partial charge in [-0.15, -0.1) is 0 Å². The molecule has 0 fully saturated rings. The van der Waals surface area contributed by atoms with Gasteiger partial charge in [-0.2, -0.15) is 0 Å². The minimum atomic E-state index is -3.87. The molecule has 0 aliphatic carbocycles. The predicted molar refractivity (Wildman–Crippen MR) is 147 cm³/mol. The summed E-state index contributed by atoms with van der Waals surface area (Å²) in [6.07, 6.45) is 1.84. The number of nitrogens with two attached hydrogens (primary N) is 1. The van der Waals surface area contributed by atoms with E-state index in [0.717, 1.165) is 18.4 Å². The summed E-state index contributed by atoms with van der Waals surface area (Å²) < 4.78 is 25.5. The number of thioether (sulfide) groups is 1. The van der Waals surface area contributed by atoms with Crippen LogP contribution in [0, 0.1) is 0 Å². The van der Waals surface area contributed by atoms with E-state index in [1.54, 1.807) is 42.5 Å². The number of carbonyl (C=O) groups is 2. The molecule has 4 rings (SSSR count). The summed E-state index contributed by atoms with van der Waals surface area (Å²) in [5.74, 6) is -0.550. The average molecular weight is 557 g/mol. The summed E-state index contributed by atoms with van der Waals surface area (Å²) in [5.41, 5.74) is 2.39. The maximum Gasteiger partial charge on any atom is 0.238 e. The molecule has 0 aliphatic heterocycles. The van der Waals surface area contributed by atoms with E-state index in [4.69, 9.17) is 16.7 Å². The van der Waals surface area contributed by atoms with Gasteiger partial charge in [0.25, 0.3) is 0 Å². The molecule has 3 N–H and O–H groups in total. The highest BCUT2D eigenvalue weighted by Crippen LogP contribution is 2.28. The number of sulfonamides is 1. The van der Waals surface area contributed by atoms with E-state index in [-0.39, 0.29) is 22.3 Å². The Morgan fingerprint density at radius 3 is 2.54 bits per heavy atom. The number of ketones is 1. The monoisotopic (exact) mass is 556 g/mol. The SMILES string of the molecule is CCCCn1c(SCC(=O)Nc2ccc(Cl)cc2C(=O)c2ccccc2)nc2cc(S(N)(=O)=O)ccc21. The number of unbranched alkanes of at least 4 members (excludes halogenated alkanes) is 1. The second-order valence-corrected chi connectivity index (χ2v) is 11.3. The van der Waals surface area contributed by atoms with Crippen molar-refractivity contribution in [3.8, 4) is 0 Å². The Morgan fingerprint density at radius 2 is 1.84 bits per heavy atom. The quantitative estimate of drug-likeness (QED) is 0.207. The number of hydrogen-bond acceptors (Lipinski definition) is 6. The third-order valence-electron chi connectivity index (χ3n) is 5.62. The first kappa shape index (κ1) is 26.9. The molecular formula is C26H25ClN4O4S2. The number of aryl methyl sites for hydroxylation is 1. The number of benzene rings is 3. The van der Waals surface area contributed by atoms with Crippen LogP contribution in [0.1, 0.15) is 35.7 Å². The second-order valence-electron chi connectivity index (χ2n) is 8.32. The molecule has 0 saturated carbocycles. The summed E-state index contributed by atoms with van der Waals surface area (Å²) in [4.78, 5) is 30.5. The van der Waals surface area contributed by atoms with Crippen molar-refractivity contribution < 1.29 is 18.0 Å². The molecule has 0 bridgehead atoms. The van der Waals surface area contributed by atoms with Crippen molar-refractivity contribution in [3.05, 3.63) is 82.9 Å². The number of anilines is 1. The first-order chi connectivity index (χ1) is 17.7. The van der Waals surface area contributed by atoms with Crippen LogP contribution >= 0.6 is 23.4 Å². The first-order valence-corrected chi connectivity index (χ1v) is 14.4. The third kappa shape index (κ3) is 6.40. The molecule has 0 radical (unpaired) electrons. The Labute approximate surface area is 224 Å². The fraction of sp³-hybridized carbons (Fsp3) is 0.192. The van der Waals surface area contributed by atoms with E-state index >= 15 is 0 Å². The van der Waals surface area contributed by atoms with Gasteiger partial charge in [-0.05, 0) is 42.8 Å². The molecule has 192 valence electrons. The van der Waals surface area contributed by atoms with Gasteiger partial charge in [-0.3, -0.25) is 9.59 Å². The molecule has 3 aromatic carbocycles. The van der Waals surface area contributed by atoms with Crippen LogP contribution < -0.4 is 10.5 Å². The molecule has 11 heteroatoms. The van der Waals surface area contributed by atoms with E-state index < -0.39 is 10.0 Å². The zero-order valence-electron chi connectivity index (χ0n) is 20.0. The maximum atomic E-state index is 13.0. The van der Waals surface area contributed by atoms with Crippen LogP contribution in [0.2, 0.25) is 5.02 Å². The lowest BCUT2D eigenvalue weighted by molar-refractivity contribution is -0.113. The molecule has 4 aromatic rings. The van der Waals surface area contributed by atoms with Gasteiger partial charge in [0.05, 0.1) is 27.4 Å². The normalized spacial score (nSPS) is 11.5. The van der Waals surface area contributed by atoms with E-state index in [0.29, 0.717) is 39.1 Å². The number of amides is 1. The zero-order valence-corrected chi connectivity index (χ0v) is 22.4. The predicted octanol–water partition coefficient (Wildman–Crippen LogP) is 5.10. The number of fused-ring (bicyclic) bond motifs is 1. The molecule has 8 nitrogen and oxygen atoms in total. The number of imidazole rings is 1. The van der Waals surface area contributed by atoms with Crippen molar-refractivity contribution in [3.63, 3.8) is 0 Å². The fourth-order valence-corrected chi connectivity index (χ4v) is 5.33. The lowest BCUT2D eigenvalue weighted by Gasteiger charge is -2.12. The van der Waals surface area contributed by atoms with Crippen molar-refractivity contribution in [2.75, 3.05) is 11.1 Å². The van der Waals surface area contributed by atoms with Crippen LogP contribution in [0.15, 0.2) is 76.8 Å². The van der Waals surface area contributed by atoms with Crippen molar-refractivity contribution >= 4 is 61.8 Å². The van der Waals surface area contributed by atoms with Gasteiger partial charge >= 0.3 is 0 Å². The van der Waals surface area contributed by atoms with Gasteiger partial charge in [0.1, 0.15) is 0 Å². The largest absolute Gasteiger partial charge is 0.325 e. The summed E-state index contributed by atoms with van der Waals surface area (Å²) in [5, 5.41) is 9.05. The lowest BCUT2D eigenvalue weighted by Crippen LogP contribution is -2.17. The topological polar surface area (TPSA) is 124 Å². The van der Waals surface area contributed by atoms with Gasteiger partial charge < -0.3 is 9.88 Å². The number of nitrogens with zero attached hydrogens (tertiary/aromatic N) is 2. The highest BCUT2D eigenvalue weighted by Gasteiger charge is 2.19. The Balaban J connectivity index is 1.55. The molecule has 0 atom stereocenters. The van der Waals surface area contributed by atoms with Crippen LogP contribution in [-0.2, 0) is 21.4 Å². The van der Waals surface area contributed by atoms with Crippen molar-refractivity contribution in [2.45, 2.75) is 36.4 Å². The Kier molecular flexibility index (Phi) is 8.33. The van der Waals surface area contributed by atoms with Crippen LogP contribution in [0.5, 0.6) is 0 Å². The van der Waals surface area contributed by atoms with E-state index in [1.807, 2.05) is 10.6 Å². The van der Waals surface area contributed by atoms with E-state index in [9.17, 15) is 18.0 Å². The van der Waals surface area contributed by atoms with Crippen molar-refractivity contribution in [1.29, 1.82) is 0 Å². The smallest absolute Gasteiger partial charge is 0.238 e. The van der Waals surface area contributed by atoms with Gasteiger partial charge in [-0.25, -0.2) is 18.5 Å². The Hall–Kier alpha value is -3.18. The third-order valence-corrected chi connectivity index (χ3v) is 7.74. The number of primary sulfonamides is 1. The van der Waals surface area contributed by atoms with Gasteiger partial charge in [0, 0.05) is 22.7 Å². The van der Waals surface area contributed by atoms with Crippen LogP contribution in [0.25, 0.3) is 11.0 Å². The Morgan fingerprint density at radius 1 is 1.08 bits per heavy atom. The molecule has 0 saturated heterocycles. The molecule has 1 amide bonds. The molecule has 1 aromatic heterocycles. The minimum absolute atomic E-state index is 0.0206. The zero-order chi connectivity index (χ0) is 26.6. The van der Waals surface area contributed by atoms with E-state index in [1.165, 1.54) is 30.0 Å². The summed E-state index contributed by atoms with van der Waals surface area (Å²) in [6.45, 7) is 2.73. The highest BCUT2D eigenvalue weighted by molar-refractivity contribution is 7.99. The number of carbonyl (C=O) groups excluding carboxylic acids is 2. The van der Waals surface area contributed by atoms with Gasteiger partial charge in [0.2, 0.25) is 15.9 Å². The van der Waals surface area contributed by atoms with Crippen LogP contribution in [0.4, 0.5) is 5.69 Å². The molecule has 37 heavy (non-hydrogen) atoms. The minimum Gasteiger partial charge on any atom is -0.325 e. The first-order valence-electron chi connectivity index (χ1n) is 11.5. The molecule has 0 spiro atoms. The van der Waals surface area contributed by atoms with Crippen molar-refractivity contribution in [1.82, 2.24) is 9.55 Å².